The Kier molecular flexibility index (Phi) is 2.04. The second-order valence-corrected chi connectivity index (χ2v) is 3.23. The summed E-state index contributed by atoms with van der Waals surface area (Å²) in [5.41, 5.74) is 0.367. The Balaban J connectivity index is 2.81. The molecule has 2 rings (SSSR count). The minimum Gasteiger partial charge on any atom is -0.362 e. The van der Waals surface area contributed by atoms with Gasteiger partial charge in [-0.15, -0.1) is 0 Å². The molecule has 2 aromatic rings. The lowest BCUT2D eigenvalue weighted by molar-refractivity contribution is 0.636. The first-order chi connectivity index (χ1) is 6.70. The van der Waals surface area contributed by atoms with Gasteiger partial charge in [0.25, 0.3) is 0 Å². The maximum Gasteiger partial charge on any atom is 0.149 e. The second kappa shape index (κ2) is 3.21. The lowest BCUT2D eigenvalue weighted by atomic mass is 10.2. The van der Waals surface area contributed by atoms with Crippen molar-refractivity contribution in [3.8, 4) is 0 Å². The molecule has 3 nitrogen and oxygen atoms in total. The molecular weight excluding hydrogens is 181 g/mol. The van der Waals surface area contributed by atoms with Gasteiger partial charge in [-0.25, -0.2) is 14.4 Å². The Bertz CT molecular complexity index is 468. The first-order valence-corrected chi connectivity index (χ1v) is 4.26. The number of fused-ring (bicyclic) bond motifs is 1. The number of halogens is 1. The fourth-order valence-corrected chi connectivity index (χ4v) is 1.39. The Morgan fingerprint density at radius 1 is 1.21 bits per heavy atom. The van der Waals surface area contributed by atoms with Crippen LogP contribution in [0.15, 0.2) is 24.5 Å². The highest BCUT2D eigenvalue weighted by atomic mass is 19.1. The van der Waals surface area contributed by atoms with Crippen LogP contribution in [0.3, 0.4) is 0 Å². The molecule has 0 fully saturated rings. The molecule has 0 radical (unpaired) electrons. The topological polar surface area (TPSA) is 29.0 Å². The van der Waals surface area contributed by atoms with Gasteiger partial charge in [-0.1, -0.05) is 6.07 Å². The summed E-state index contributed by atoms with van der Waals surface area (Å²) in [5, 5.41) is 0.734. The number of rotatable bonds is 1. The van der Waals surface area contributed by atoms with Crippen LogP contribution in [-0.2, 0) is 0 Å². The van der Waals surface area contributed by atoms with Crippen LogP contribution in [0, 0.1) is 5.82 Å². The van der Waals surface area contributed by atoms with Gasteiger partial charge in [0.15, 0.2) is 0 Å². The lowest BCUT2D eigenvalue weighted by Crippen LogP contribution is -2.11. The summed E-state index contributed by atoms with van der Waals surface area (Å²) >= 11 is 0. The van der Waals surface area contributed by atoms with E-state index in [2.05, 4.69) is 9.97 Å². The van der Waals surface area contributed by atoms with E-state index in [1.165, 1.54) is 12.4 Å². The van der Waals surface area contributed by atoms with E-state index in [0.29, 0.717) is 5.52 Å². The highest BCUT2D eigenvalue weighted by Gasteiger charge is 2.07. The average Bonchev–Trinajstić information content (AvgIpc) is 2.17. The van der Waals surface area contributed by atoms with Gasteiger partial charge in [0.2, 0.25) is 0 Å². The van der Waals surface area contributed by atoms with Gasteiger partial charge in [-0.2, -0.15) is 0 Å². The number of hydrogen-bond donors (Lipinski definition) is 0. The van der Waals surface area contributed by atoms with Crippen LogP contribution in [0.4, 0.5) is 10.2 Å². The molecule has 0 spiro atoms. The van der Waals surface area contributed by atoms with Crippen molar-refractivity contribution in [1.29, 1.82) is 0 Å². The van der Waals surface area contributed by atoms with Crippen molar-refractivity contribution in [3.63, 3.8) is 0 Å². The molecule has 0 amide bonds. The zero-order valence-electron chi connectivity index (χ0n) is 8.03. The van der Waals surface area contributed by atoms with E-state index >= 15 is 0 Å². The van der Waals surface area contributed by atoms with Crippen LogP contribution in [0.2, 0.25) is 0 Å². The molecule has 1 aromatic heterocycles. The SMILES string of the molecule is CN(C)c1ncnc2c(F)cccc12. The molecule has 0 atom stereocenters. The molecule has 1 heterocycles. The number of aromatic nitrogens is 2. The molecule has 0 aliphatic carbocycles. The van der Waals surface area contributed by atoms with Crippen LogP contribution >= 0.6 is 0 Å². The van der Waals surface area contributed by atoms with Gasteiger partial charge in [-0.3, -0.25) is 0 Å². The molecule has 14 heavy (non-hydrogen) atoms. The zero-order valence-corrected chi connectivity index (χ0v) is 8.03. The molecule has 0 saturated heterocycles. The fraction of sp³-hybridized carbons (Fsp3) is 0.200. The molecule has 0 aliphatic rings. The van der Waals surface area contributed by atoms with E-state index in [9.17, 15) is 4.39 Å². The molecule has 4 heteroatoms. The molecule has 72 valence electrons. The van der Waals surface area contributed by atoms with Crippen molar-refractivity contribution < 1.29 is 4.39 Å². The van der Waals surface area contributed by atoms with Gasteiger partial charge in [0.1, 0.15) is 23.5 Å². The molecule has 0 saturated carbocycles. The highest BCUT2D eigenvalue weighted by Crippen LogP contribution is 2.22. The molecule has 0 unspecified atom stereocenters. The Morgan fingerprint density at radius 2 is 2.00 bits per heavy atom. The summed E-state index contributed by atoms with van der Waals surface area (Å²) in [6.07, 6.45) is 1.38. The van der Waals surface area contributed by atoms with Gasteiger partial charge >= 0.3 is 0 Å². The molecule has 0 N–H and O–H groups in total. The van der Waals surface area contributed by atoms with E-state index < -0.39 is 0 Å². The second-order valence-electron chi connectivity index (χ2n) is 3.23. The average molecular weight is 191 g/mol. The third-order valence-electron chi connectivity index (χ3n) is 2.02. The number of anilines is 1. The van der Waals surface area contributed by atoms with Crippen LogP contribution < -0.4 is 4.90 Å². The fourth-order valence-electron chi connectivity index (χ4n) is 1.39. The summed E-state index contributed by atoms with van der Waals surface area (Å²) in [6, 6.07) is 4.87. The van der Waals surface area contributed by atoms with Gasteiger partial charge in [-0.05, 0) is 12.1 Å². The largest absolute Gasteiger partial charge is 0.362 e. The first kappa shape index (κ1) is 8.87. The predicted molar refractivity (Wildman–Crippen MR) is 53.8 cm³/mol. The molecule has 1 aromatic carbocycles. The zero-order chi connectivity index (χ0) is 10.1. The minimum atomic E-state index is -0.312. The normalized spacial score (nSPS) is 10.5. The minimum absolute atomic E-state index is 0.312. The Hall–Kier alpha value is -1.71. The summed E-state index contributed by atoms with van der Waals surface area (Å²) < 4.78 is 13.3. The summed E-state index contributed by atoms with van der Waals surface area (Å²) in [6.45, 7) is 0. The smallest absolute Gasteiger partial charge is 0.149 e. The van der Waals surface area contributed by atoms with Crippen LogP contribution in [0.1, 0.15) is 0 Å². The number of para-hydroxylation sites is 1. The van der Waals surface area contributed by atoms with Crippen molar-refractivity contribution in [2.45, 2.75) is 0 Å². The molecule has 0 aliphatic heterocycles. The number of benzene rings is 1. The van der Waals surface area contributed by atoms with Crippen molar-refractivity contribution in [2.24, 2.45) is 0 Å². The van der Waals surface area contributed by atoms with Crippen molar-refractivity contribution in [1.82, 2.24) is 9.97 Å². The summed E-state index contributed by atoms with van der Waals surface area (Å²) in [7, 11) is 3.74. The monoisotopic (exact) mass is 191 g/mol. The van der Waals surface area contributed by atoms with Crippen LogP contribution in [0.5, 0.6) is 0 Å². The van der Waals surface area contributed by atoms with E-state index in [0.717, 1.165) is 11.2 Å². The van der Waals surface area contributed by atoms with Crippen molar-refractivity contribution >= 4 is 16.7 Å². The maximum atomic E-state index is 13.3. The standard InChI is InChI=1S/C10H10FN3/c1-14(2)10-7-4-3-5-8(11)9(7)12-6-13-10/h3-6H,1-2H3. The van der Waals surface area contributed by atoms with Crippen molar-refractivity contribution in [2.75, 3.05) is 19.0 Å². The van der Waals surface area contributed by atoms with E-state index in [-0.39, 0.29) is 5.82 Å². The third kappa shape index (κ3) is 1.28. The summed E-state index contributed by atoms with van der Waals surface area (Å²) in [4.78, 5) is 9.84. The highest BCUT2D eigenvalue weighted by molar-refractivity contribution is 5.89. The molecular formula is C10H10FN3. The van der Waals surface area contributed by atoms with Gasteiger partial charge < -0.3 is 4.90 Å². The van der Waals surface area contributed by atoms with E-state index in [4.69, 9.17) is 0 Å². The maximum absolute atomic E-state index is 13.3. The van der Waals surface area contributed by atoms with Gasteiger partial charge in [0, 0.05) is 19.5 Å². The number of hydrogen-bond acceptors (Lipinski definition) is 3. The first-order valence-electron chi connectivity index (χ1n) is 4.26. The predicted octanol–water partition coefficient (Wildman–Crippen LogP) is 1.83. The van der Waals surface area contributed by atoms with Crippen molar-refractivity contribution in [3.05, 3.63) is 30.3 Å². The van der Waals surface area contributed by atoms with E-state index in [1.807, 2.05) is 25.1 Å². The quantitative estimate of drug-likeness (QED) is 0.688. The summed E-state index contributed by atoms with van der Waals surface area (Å²) in [5.74, 6) is 0.419. The Labute approximate surface area is 81.2 Å². The lowest BCUT2D eigenvalue weighted by Gasteiger charge is -2.12. The number of nitrogens with zero attached hydrogens (tertiary/aromatic N) is 3. The Morgan fingerprint density at radius 3 is 2.71 bits per heavy atom. The molecule has 0 bridgehead atoms. The van der Waals surface area contributed by atoms with Gasteiger partial charge in [0.05, 0.1) is 0 Å². The third-order valence-corrected chi connectivity index (χ3v) is 2.02. The van der Waals surface area contributed by atoms with Crippen LogP contribution in [-0.4, -0.2) is 24.1 Å². The van der Waals surface area contributed by atoms with Crippen LogP contribution in [0.25, 0.3) is 10.9 Å². The van der Waals surface area contributed by atoms with E-state index in [1.54, 1.807) is 6.07 Å².